The van der Waals surface area contributed by atoms with Gasteiger partial charge in [0.15, 0.2) is 0 Å². The van der Waals surface area contributed by atoms with E-state index in [0.29, 0.717) is 6.42 Å². The van der Waals surface area contributed by atoms with E-state index >= 15 is 0 Å². The van der Waals surface area contributed by atoms with Crippen molar-refractivity contribution < 1.29 is 23.9 Å². The Morgan fingerprint density at radius 2 is 1.95 bits per heavy atom. The van der Waals surface area contributed by atoms with Crippen molar-refractivity contribution >= 4 is 14.4 Å². The molecular weight excluding hydrogens is 291 g/mol. The van der Waals surface area contributed by atoms with E-state index < -0.39 is 32.3 Å². The standard InChI is InChI=1S/C15H21O5P/c1-3-19-14(17)13(10-12-8-6-5-7-9-12)15(11-16,21-18)20-4-2/h5-9,13,16H,3-4,10-11H2,1-2H3/p+1. The second-order valence-corrected chi connectivity index (χ2v) is 5.63. The topological polar surface area (TPSA) is 72.8 Å². The number of rotatable bonds is 9. The molecule has 1 aromatic carbocycles. The maximum atomic E-state index is 12.2. The second-order valence-electron chi connectivity index (χ2n) is 4.58. The highest BCUT2D eigenvalue weighted by molar-refractivity contribution is 7.25. The highest BCUT2D eigenvalue weighted by Gasteiger charge is 2.52. The van der Waals surface area contributed by atoms with Crippen LogP contribution in [-0.2, 0) is 25.3 Å². The number of aliphatic hydroxyl groups is 1. The Balaban J connectivity index is 3.10. The molecule has 0 aromatic heterocycles. The van der Waals surface area contributed by atoms with E-state index in [1.807, 2.05) is 30.3 Å². The van der Waals surface area contributed by atoms with Gasteiger partial charge in [-0.2, -0.15) is 0 Å². The fraction of sp³-hybridized carbons (Fsp3) is 0.533. The Kier molecular flexibility index (Phi) is 7.51. The lowest BCUT2D eigenvalue weighted by Gasteiger charge is -2.26. The maximum absolute atomic E-state index is 12.2. The summed E-state index contributed by atoms with van der Waals surface area (Å²) < 4.78 is 22.2. The predicted octanol–water partition coefficient (Wildman–Crippen LogP) is 2.16. The Morgan fingerprint density at radius 3 is 2.43 bits per heavy atom. The molecule has 0 saturated heterocycles. The van der Waals surface area contributed by atoms with Gasteiger partial charge >= 0.3 is 14.4 Å². The van der Waals surface area contributed by atoms with Gasteiger partial charge in [-0.3, -0.25) is 4.79 Å². The van der Waals surface area contributed by atoms with Crippen LogP contribution in [0, 0.1) is 5.92 Å². The maximum Gasteiger partial charge on any atom is 0.363 e. The Hall–Kier alpha value is -1.29. The number of ether oxygens (including phenoxy) is 2. The van der Waals surface area contributed by atoms with E-state index in [4.69, 9.17) is 9.47 Å². The summed E-state index contributed by atoms with van der Waals surface area (Å²) in [6.07, 6.45) is 0.301. The number of carbonyl (C=O) groups is 1. The minimum absolute atomic E-state index is 0.222. The monoisotopic (exact) mass is 313 g/mol. The highest BCUT2D eigenvalue weighted by Crippen LogP contribution is 2.36. The molecular formula is C15H22O5P+. The zero-order valence-corrected chi connectivity index (χ0v) is 13.4. The van der Waals surface area contributed by atoms with Crippen LogP contribution in [0.3, 0.4) is 0 Å². The van der Waals surface area contributed by atoms with E-state index in [1.165, 1.54) is 0 Å². The smallest absolute Gasteiger partial charge is 0.363 e. The van der Waals surface area contributed by atoms with Crippen molar-refractivity contribution in [1.82, 2.24) is 0 Å². The zero-order chi connectivity index (χ0) is 15.7. The Labute approximate surface area is 126 Å². The largest absolute Gasteiger partial charge is 0.466 e. The summed E-state index contributed by atoms with van der Waals surface area (Å²) >= 11 is 0. The van der Waals surface area contributed by atoms with Gasteiger partial charge in [-0.15, -0.1) is 0 Å². The average Bonchev–Trinajstić information content (AvgIpc) is 2.52. The minimum Gasteiger partial charge on any atom is -0.466 e. The molecule has 0 amide bonds. The third kappa shape index (κ3) is 4.60. The molecule has 0 saturated carbocycles. The molecule has 0 aliphatic carbocycles. The molecule has 0 radical (unpaired) electrons. The van der Waals surface area contributed by atoms with Crippen LogP contribution in [0.1, 0.15) is 19.4 Å². The van der Waals surface area contributed by atoms with Crippen LogP contribution in [0.15, 0.2) is 30.3 Å². The van der Waals surface area contributed by atoms with Crippen LogP contribution >= 0.6 is 8.46 Å². The van der Waals surface area contributed by atoms with Gasteiger partial charge in [-0.1, -0.05) is 34.9 Å². The molecule has 5 nitrogen and oxygen atoms in total. The number of aliphatic hydroxyl groups excluding tert-OH is 1. The first-order valence-corrected chi connectivity index (χ1v) is 7.89. The molecule has 1 N–H and O–H groups in total. The molecule has 0 bridgehead atoms. The van der Waals surface area contributed by atoms with Crippen LogP contribution in [-0.4, -0.2) is 36.2 Å². The van der Waals surface area contributed by atoms with Gasteiger partial charge in [0.1, 0.15) is 12.5 Å². The van der Waals surface area contributed by atoms with Crippen molar-refractivity contribution in [2.24, 2.45) is 5.92 Å². The summed E-state index contributed by atoms with van der Waals surface area (Å²) in [5.41, 5.74) is 0.895. The van der Waals surface area contributed by atoms with Crippen molar-refractivity contribution in [3.8, 4) is 0 Å². The fourth-order valence-corrected chi connectivity index (χ4v) is 2.81. The molecule has 1 aromatic rings. The van der Waals surface area contributed by atoms with Gasteiger partial charge < -0.3 is 14.6 Å². The molecule has 0 spiro atoms. The third-order valence-electron chi connectivity index (χ3n) is 3.23. The zero-order valence-electron chi connectivity index (χ0n) is 12.4. The van der Waals surface area contributed by atoms with Gasteiger partial charge in [0.05, 0.1) is 6.61 Å². The van der Waals surface area contributed by atoms with Crippen LogP contribution in [0.5, 0.6) is 0 Å². The second kappa shape index (κ2) is 8.88. The van der Waals surface area contributed by atoms with Gasteiger partial charge in [0.25, 0.3) is 5.34 Å². The van der Waals surface area contributed by atoms with Crippen LogP contribution < -0.4 is 0 Å². The number of esters is 1. The van der Waals surface area contributed by atoms with E-state index in [0.717, 1.165) is 5.56 Å². The number of carbonyl (C=O) groups excluding carboxylic acids is 1. The van der Waals surface area contributed by atoms with Crippen molar-refractivity contribution in [2.75, 3.05) is 19.8 Å². The van der Waals surface area contributed by atoms with Gasteiger partial charge in [0.2, 0.25) is 0 Å². The van der Waals surface area contributed by atoms with Crippen LogP contribution in [0.2, 0.25) is 0 Å². The van der Waals surface area contributed by atoms with Crippen molar-refractivity contribution in [3.63, 3.8) is 0 Å². The molecule has 0 fully saturated rings. The molecule has 0 aliphatic rings. The molecule has 1 rings (SSSR count). The summed E-state index contributed by atoms with van der Waals surface area (Å²) in [5.74, 6) is -1.33. The lowest BCUT2D eigenvalue weighted by molar-refractivity contribution is -0.158. The molecule has 6 heteroatoms. The summed E-state index contributed by atoms with van der Waals surface area (Å²) in [5, 5.41) is 8.23. The fourth-order valence-electron chi connectivity index (χ4n) is 2.18. The minimum atomic E-state index is -1.42. The molecule has 3 unspecified atom stereocenters. The Morgan fingerprint density at radius 1 is 1.29 bits per heavy atom. The van der Waals surface area contributed by atoms with Gasteiger partial charge in [-0.25, -0.2) is 0 Å². The number of benzene rings is 1. The van der Waals surface area contributed by atoms with E-state index in [1.54, 1.807) is 13.8 Å². The first-order valence-electron chi connectivity index (χ1n) is 6.98. The average molecular weight is 313 g/mol. The van der Waals surface area contributed by atoms with E-state index in [9.17, 15) is 14.5 Å². The lowest BCUT2D eigenvalue weighted by Crippen LogP contribution is -2.45. The van der Waals surface area contributed by atoms with E-state index in [2.05, 4.69) is 0 Å². The lowest BCUT2D eigenvalue weighted by atomic mass is 9.93. The summed E-state index contributed by atoms with van der Waals surface area (Å²) in [6.45, 7) is 3.41. The van der Waals surface area contributed by atoms with E-state index in [-0.39, 0.29) is 13.2 Å². The van der Waals surface area contributed by atoms with Gasteiger partial charge in [0, 0.05) is 6.61 Å². The highest BCUT2D eigenvalue weighted by atomic mass is 31.1. The van der Waals surface area contributed by atoms with Crippen LogP contribution in [0.25, 0.3) is 0 Å². The van der Waals surface area contributed by atoms with Crippen molar-refractivity contribution in [1.29, 1.82) is 0 Å². The number of hydrogen-bond acceptors (Lipinski definition) is 5. The van der Waals surface area contributed by atoms with Crippen LogP contribution in [0.4, 0.5) is 0 Å². The molecule has 0 aliphatic heterocycles. The SMILES string of the molecule is CCOC(=O)C(Cc1ccccc1)C(CO)(OCC)[PH+]=O. The summed E-state index contributed by atoms with van der Waals surface area (Å²) in [6, 6.07) is 9.33. The predicted molar refractivity (Wildman–Crippen MR) is 80.7 cm³/mol. The molecule has 116 valence electrons. The molecule has 3 atom stereocenters. The first kappa shape index (κ1) is 17.8. The Bertz CT molecular complexity index is 451. The third-order valence-corrected chi connectivity index (χ3v) is 4.22. The first-order chi connectivity index (χ1) is 10.1. The summed E-state index contributed by atoms with van der Waals surface area (Å²) in [4.78, 5) is 12.2. The quantitative estimate of drug-likeness (QED) is 0.559. The summed E-state index contributed by atoms with van der Waals surface area (Å²) in [7, 11) is -0.968. The molecule has 21 heavy (non-hydrogen) atoms. The van der Waals surface area contributed by atoms with Crippen molar-refractivity contribution in [2.45, 2.75) is 25.6 Å². The van der Waals surface area contributed by atoms with Gasteiger partial charge in [-0.05, 0) is 25.8 Å². The van der Waals surface area contributed by atoms with Crippen molar-refractivity contribution in [3.05, 3.63) is 35.9 Å². The molecule has 0 heterocycles. The number of hydrogen-bond donors (Lipinski definition) is 1. The normalized spacial score (nSPS) is 15.4.